The number of nitrogens with zero attached hydrogens (tertiary/aromatic N) is 1. The number of amides is 2. The molecule has 2 amide bonds. The van der Waals surface area contributed by atoms with Crippen LogP contribution in [0.25, 0.3) is 0 Å². The first kappa shape index (κ1) is 26.0. The number of benzene rings is 2. The number of nitrogens with two attached hydrogens (primary N) is 1. The average molecular weight is 506 g/mol. The number of anilines is 3. The summed E-state index contributed by atoms with van der Waals surface area (Å²) in [4.78, 5) is 29.4. The summed E-state index contributed by atoms with van der Waals surface area (Å²) in [5.41, 5.74) is 5.03. The lowest BCUT2D eigenvalue weighted by Gasteiger charge is -2.12. The maximum Gasteiger partial charge on any atom is 0.416 e. The van der Waals surface area contributed by atoms with E-state index >= 15 is 0 Å². The van der Waals surface area contributed by atoms with Gasteiger partial charge in [0.25, 0.3) is 11.8 Å². The molecule has 0 radical (unpaired) electrons. The molecule has 184 valence electrons. The molecule has 0 saturated carbocycles. The second-order valence-corrected chi connectivity index (χ2v) is 7.94. The summed E-state index contributed by atoms with van der Waals surface area (Å²) < 4.78 is 38.8. The Labute approximate surface area is 204 Å². The van der Waals surface area contributed by atoms with Crippen molar-refractivity contribution in [1.29, 1.82) is 0 Å². The molecule has 35 heavy (non-hydrogen) atoms. The average Bonchev–Trinajstić information content (AvgIpc) is 2.83. The number of carbonyl (C=O) groups is 2. The fraction of sp³-hybridized carbons (Fsp3) is 0.208. The van der Waals surface area contributed by atoms with Crippen LogP contribution < -0.4 is 21.7 Å². The van der Waals surface area contributed by atoms with Crippen molar-refractivity contribution in [2.45, 2.75) is 19.0 Å². The fourth-order valence-electron chi connectivity index (χ4n) is 3.07. The van der Waals surface area contributed by atoms with Crippen LogP contribution in [0.3, 0.4) is 0 Å². The van der Waals surface area contributed by atoms with E-state index in [0.29, 0.717) is 18.1 Å². The number of nitrogens with one attached hydrogen (secondary N) is 3. The summed E-state index contributed by atoms with van der Waals surface area (Å²) >= 11 is 6.16. The first-order valence-corrected chi connectivity index (χ1v) is 11.0. The minimum atomic E-state index is -4.57. The van der Waals surface area contributed by atoms with Gasteiger partial charge in [0.1, 0.15) is 5.82 Å². The predicted molar refractivity (Wildman–Crippen MR) is 130 cm³/mol. The number of hydrogen-bond donors (Lipinski definition) is 4. The molecule has 0 aliphatic rings. The Balaban J connectivity index is 1.67. The van der Waals surface area contributed by atoms with Gasteiger partial charge in [0, 0.05) is 17.8 Å². The summed E-state index contributed by atoms with van der Waals surface area (Å²) in [6, 6.07) is 11.6. The molecule has 7 nitrogen and oxygen atoms in total. The highest BCUT2D eigenvalue weighted by atomic mass is 35.5. The normalized spacial score (nSPS) is 11.1. The minimum absolute atomic E-state index is 0.0671. The molecule has 1 heterocycles. The van der Waals surface area contributed by atoms with Gasteiger partial charge in [0.2, 0.25) is 0 Å². The van der Waals surface area contributed by atoms with Crippen LogP contribution in [-0.4, -0.2) is 29.9 Å². The van der Waals surface area contributed by atoms with Crippen LogP contribution in [-0.2, 0) is 6.18 Å². The van der Waals surface area contributed by atoms with Gasteiger partial charge in [-0.15, -0.1) is 0 Å². The van der Waals surface area contributed by atoms with Crippen LogP contribution in [0, 0.1) is 0 Å². The van der Waals surface area contributed by atoms with Gasteiger partial charge in [0.05, 0.1) is 28.0 Å². The molecular weight excluding hydrogens is 483 g/mol. The Hall–Kier alpha value is -3.63. The van der Waals surface area contributed by atoms with E-state index in [1.54, 1.807) is 12.1 Å². The largest absolute Gasteiger partial charge is 0.416 e. The summed E-state index contributed by atoms with van der Waals surface area (Å²) in [7, 11) is 0. The standard InChI is InChI=1S/C24H23ClF3N5O2/c25-20-8-6-17(32-22(34)15-4-3-5-16(12-15)24(26,27)28)13-19(20)23(35)33-18-7-9-21(31-14-18)30-11-2-1-10-29/h3-9,12-14H,1-2,10-11,29H2,(H,30,31)(H,32,34)(H,33,35). The van der Waals surface area contributed by atoms with Crippen molar-refractivity contribution >= 4 is 40.6 Å². The minimum Gasteiger partial charge on any atom is -0.370 e. The van der Waals surface area contributed by atoms with Gasteiger partial charge < -0.3 is 21.7 Å². The molecule has 0 atom stereocenters. The van der Waals surface area contributed by atoms with E-state index in [0.717, 1.165) is 37.6 Å². The Bertz CT molecular complexity index is 1190. The zero-order valence-electron chi connectivity index (χ0n) is 18.5. The Morgan fingerprint density at radius 1 is 0.943 bits per heavy atom. The van der Waals surface area contributed by atoms with Gasteiger partial charge in [-0.1, -0.05) is 17.7 Å². The second kappa shape index (κ2) is 11.7. The first-order valence-electron chi connectivity index (χ1n) is 10.7. The lowest BCUT2D eigenvalue weighted by atomic mass is 10.1. The maximum absolute atomic E-state index is 12.9. The fourth-order valence-corrected chi connectivity index (χ4v) is 3.28. The number of aromatic nitrogens is 1. The highest BCUT2D eigenvalue weighted by molar-refractivity contribution is 6.34. The topological polar surface area (TPSA) is 109 Å². The number of rotatable bonds is 9. The summed E-state index contributed by atoms with van der Waals surface area (Å²) in [6.45, 7) is 1.35. The van der Waals surface area contributed by atoms with Crippen molar-refractivity contribution in [2.24, 2.45) is 5.73 Å². The van der Waals surface area contributed by atoms with Crippen LogP contribution in [0.4, 0.5) is 30.4 Å². The lowest BCUT2D eigenvalue weighted by Crippen LogP contribution is -2.16. The van der Waals surface area contributed by atoms with Gasteiger partial charge in [-0.25, -0.2) is 4.98 Å². The highest BCUT2D eigenvalue weighted by Crippen LogP contribution is 2.30. The van der Waals surface area contributed by atoms with Crippen LogP contribution in [0.5, 0.6) is 0 Å². The number of carbonyl (C=O) groups excluding carboxylic acids is 2. The van der Waals surface area contributed by atoms with Gasteiger partial charge in [0.15, 0.2) is 0 Å². The molecule has 11 heteroatoms. The Morgan fingerprint density at radius 3 is 2.37 bits per heavy atom. The zero-order valence-corrected chi connectivity index (χ0v) is 19.2. The lowest BCUT2D eigenvalue weighted by molar-refractivity contribution is -0.137. The van der Waals surface area contributed by atoms with E-state index in [9.17, 15) is 22.8 Å². The predicted octanol–water partition coefficient (Wildman–Crippen LogP) is 5.41. The van der Waals surface area contributed by atoms with Gasteiger partial charge in [-0.05, 0) is 67.9 Å². The van der Waals surface area contributed by atoms with Crippen LogP contribution in [0.2, 0.25) is 5.02 Å². The van der Waals surface area contributed by atoms with E-state index in [1.165, 1.54) is 30.5 Å². The van der Waals surface area contributed by atoms with E-state index in [1.807, 2.05) is 0 Å². The van der Waals surface area contributed by atoms with Crippen LogP contribution in [0.15, 0.2) is 60.8 Å². The number of unbranched alkanes of at least 4 members (excludes halogenated alkanes) is 1. The van der Waals surface area contributed by atoms with Crippen LogP contribution in [0.1, 0.15) is 39.1 Å². The molecule has 0 spiro atoms. The maximum atomic E-state index is 12.9. The van der Waals surface area contributed by atoms with Crippen molar-refractivity contribution in [1.82, 2.24) is 4.98 Å². The smallest absolute Gasteiger partial charge is 0.370 e. The second-order valence-electron chi connectivity index (χ2n) is 7.54. The number of pyridine rings is 1. The number of alkyl halides is 3. The molecule has 5 N–H and O–H groups in total. The third kappa shape index (κ3) is 7.43. The molecule has 0 bridgehead atoms. The van der Waals surface area contributed by atoms with Crippen molar-refractivity contribution < 1.29 is 22.8 Å². The van der Waals surface area contributed by atoms with Gasteiger partial charge in [-0.3, -0.25) is 9.59 Å². The van der Waals surface area contributed by atoms with E-state index in [2.05, 4.69) is 20.9 Å². The summed E-state index contributed by atoms with van der Waals surface area (Å²) in [5.74, 6) is -0.656. The highest BCUT2D eigenvalue weighted by Gasteiger charge is 2.30. The third-order valence-corrected chi connectivity index (χ3v) is 5.21. The SMILES string of the molecule is NCCCCNc1ccc(NC(=O)c2cc(NC(=O)c3cccc(C(F)(F)F)c3)ccc2Cl)cn1. The molecule has 0 aliphatic heterocycles. The third-order valence-electron chi connectivity index (χ3n) is 4.88. The van der Waals surface area contributed by atoms with Gasteiger partial charge >= 0.3 is 6.18 Å². The molecule has 2 aromatic carbocycles. The van der Waals surface area contributed by atoms with Crippen molar-refractivity contribution in [3.05, 3.63) is 82.5 Å². The molecule has 3 aromatic rings. The number of hydrogen-bond acceptors (Lipinski definition) is 5. The quantitative estimate of drug-likeness (QED) is 0.291. The zero-order chi connectivity index (χ0) is 25.4. The van der Waals surface area contributed by atoms with Crippen molar-refractivity contribution in [3.8, 4) is 0 Å². The van der Waals surface area contributed by atoms with E-state index < -0.39 is 23.6 Å². The van der Waals surface area contributed by atoms with E-state index in [4.69, 9.17) is 17.3 Å². The molecule has 0 saturated heterocycles. The van der Waals surface area contributed by atoms with Crippen molar-refractivity contribution in [3.63, 3.8) is 0 Å². The molecule has 0 fully saturated rings. The molecule has 0 unspecified atom stereocenters. The first-order chi connectivity index (χ1) is 16.7. The molecule has 1 aromatic heterocycles. The molecular formula is C24H23ClF3N5O2. The number of halogens is 4. The van der Waals surface area contributed by atoms with E-state index in [-0.39, 0.29) is 21.8 Å². The van der Waals surface area contributed by atoms with Crippen molar-refractivity contribution in [2.75, 3.05) is 29.0 Å². The molecule has 0 aliphatic carbocycles. The Morgan fingerprint density at radius 2 is 1.69 bits per heavy atom. The summed E-state index contributed by atoms with van der Waals surface area (Å²) in [5, 5.41) is 8.44. The summed E-state index contributed by atoms with van der Waals surface area (Å²) in [6.07, 6.45) is -1.27. The van der Waals surface area contributed by atoms with Crippen LogP contribution >= 0.6 is 11.6 Å². The van der Waals surface area contributed by atoms with Gasteiger partial charge in [-0.2, -0.15) is 13.2 Å². The Kier molecular flexibility index (Phi) is 8.67. The molecule has 3 rings (SSSR count). The monoisotopic (exact) mass is 505 g/mol.